The fourth-order valence-electron chi connectivity index (χ4n) is 3.22. The SMILES string of the molecule is O=C(C=C1c2ccccc2C(=O)c2c1ccc(Cl)c2Cl)c1cccc(O)c1. The van der Waals surface area contributed by atoms with Crippen LogP contribution in [0.5, 0.6) is 5.75 Å². The number of allylic oxidation sites excluding steroid dienone is 1. The summed E-state index contributed by atoms with van der Waals surface area (Å²) >= 11 is 12.4. The summed E-state index contributed by atoms with van der Waals surface area (Å²) < 4.78 is 0. The highest BCUT2D eigenvalue weighted by Gasteiger charge is 2.30. The third-order valence-electron chi connectivity index (χ3n) is 4.48. The van der Waals surface area contributed by atoms with Gasteiger partial charge >= 0.3 is 0 Å². The van der Waals surface area contributed by atoms with Gasteiger partial charge in [0, 0.05) is 11.1 Å². The molecule has 5 heteroatoms. The lowest BCUT2D eigenvalue weighted by Gasteiger charge is -2.22. The van der Waals surface area contributed by atoms with E-state index in [9.17, 15) is 14.7 Å². The molecule has 1 N–H and O–H groups in total. The van der Waals surface area contributed by atoms with Crippen LogP contribution in [-0.4, -0.2) is 16.7 Å². The van der Waals surface area contributed by atoms with Crippen molar-refractivity contribution in [1.29, 1.82) is 0 Å². The van der Waals surface area contributed by atoms with Crippen LogP contribution in [0.4, 0.5) is 0 Å². The first-order chi connectivity index (χ1) is 13.0. The molecule has 3 nitrogen and oxygen atoms in total. The van der Waals surface area contributed by atoms with Gasteiger partial charge in [0.2, 0.25) is 0 Å². The van der Waals surface area contributed by atoms with Crippen LogP contribution in [0.1, 0.15) is 37.4 Å². The molecular weight excluding hydrogens is 383 g/mol. The third kappa shape index (κ3) is 2.95. The molecule has 27 heavy (non-hydrogen) atoms. The topological polar surface area (TPSA) is 54.4 Å². The minimum Gasteiger partial charge on any atom is -0.508 e. The Labute approximate surface area is 165 Å². The number of hydrogen-bond donors (Lipinski definition) is 1. The van der Waals surface area contributed by atoms with Crippen molar-refractivity contribution in [1.82, 2.24) is 0 Å². The lowest BCUT2D eigenvalue weighted by Crippen LogP contribution is -2.16. The molecule has 0 atom stereocenters. The number of aromatic hydroxyl groups is 1. The molecule has 0 fully saturated rings. The van der Waals surface area contributed by atoms with Crippen LogP contribution in [0.3, 0.4) is 0 Å². The van der Waals surface area contributed by atoms with Crippen LogP contribution in [0.15, 0.2) is 66.7 Å². The zero-order valence-electron chi connectivity index (χ0n) is 13.9. The molecule has 4 rings (SSSR count). The van der Waals surface area contributed by atoms with E-state index in [1.54, 1.807) is 48.5 Å². The lowest BCUT2D eigenvalue weighted by molar-refractivity contribution is 0.103. The number of halogens is 2. The maximum absolute atomic E-state index is 12.9. The van der Waals surface area contributed by atoms with Crippen molar-refractivity contribution < 1.29 is 14.7 Å². The van der Waals surface area contributed by atoms with Crippen molar-refractivity contribution in [3.05, 3.63) is 105 Å². The zero-order chi connectivity index (χ0) is 19.1. The van der Waals surface area contributed by atoms with Gasteiger partial charge in [-0.2, -0.15) is 0 Å². The Bertz CT molecular complexity index is 1150. The number of ketones is 2. The maximum Gasteiger partial charge on any atom is 0.195 e. The van der Waals surface area contributed by atoms with E-state index in [1.165, 1.54) is 18.2 Å². The summed E-state index contributed by atoms with van der Waals surface area (Å²) in [4.78, 5) is 25.7. The molecule has 0 radical (unpaired) electrons. The van der Waals surface area contributed by atoms with Gasteiger partial charge in [0.1, 0.15) is 5.75 Å². The molecule has 3 aromatic rings. The standard InChI is InChI=1S/C22H12Cl2O3/c23-18-9-8-15-17(11-19(26)12-4-3-5-13(25)10-12)14-6-1-2-7-16(14)22(27)20(15)21(18)24/h1-11,25H. The summed E-state index contributed by atoms with van der Waals surface area (Å²) in [6.07, 6.45) is 1.46. The van der Waals surface area contributed by atoms with E-state index in [0.717, 1.165) is 0 Å². The minimum atomic E-state index is -0.290. The van der Waals surface area contributed by atoms with Gasteiger partial charge < -0.3 is 5.11 Å². The van der Waals surface area contributed by atoms with Gasteiger partial charge in [-0.3, -0.25) is 9.59 Å². The Morgan fingerprint density at radius 1 is 0.889 bits per heavy atom. The van der Waals surface area contributed by atoms with Crippen molar-refractivity contribution in [2.75, 3.05) is 0 Å². The van der Waals surface area contributed by atoms with Crippen molar-refractivity contribution in [2.45, 2.75) is 0 Å². The van der Waals surface area contributed by atoms with Gasteiger partial charge in [-0.15, -0.1) is 0 Å². The van der Waals surface area contributed by atoms with Crippen LogP contribution in [0.2, 0.25) is 10.0 Å². The fraction of sp³-hybridized carbons (Fsp3) is 0. The number of carbonyl (C=O) groups excluding carboxylic acids is 2. The average molecular weight is 395 g/mol. The van der Waals surface area contributed by atoms with Gasteiger partial charge in [-0.05, 0) is 41.0 Å². The number of phenolic OH excluding ortho intramolecular Hbond substituents is 1. The molecule has 1 aliphatic carbocycles. The molecular formula is C22H12Cl2O3. The number of benzene rings is 3. The van der Waals surface area contributed by atoms with Gasteiger partial charge in [0.15, 0.2) is 11.6 Å². The third-order valence-corrected chi connectivity index (χ3v) is 5.28. The Kier molecular flexibility index (Phi) is 4.34. The second-order valence-electron chi connectivity index (χ2n) is 6.13. The number of rotatable bonds is 2. The second kappa shape index (κ2) is 6.69. The molecule has 1 aliphatic rings. The Morgan fingerprint density at radius 3 is 2.37 bits per heavy atom. The highest BCUT2D eigenvalue weighted by Crippen LogP contribution is 2.41. The molecule has 0 amide bonds. The summed E-state index contributed by atoms with van der Waals surface area (Å²) in [5, 5.41) is 10.1. The van der Waals surface area contributed by atoms with Crippen molar-refractivity contribution >= 4 is 40.3 Å². The summed E-state index contributed by atoms with van der Waals surface area (Å²) in [7, 11) is 0. The molecule has 0 aromatic heterocycles. The van der Waals surface area contributed by atoms with E-state index in [1.807, 2.05) is 0 Å². The van der Waals surface area contributed by atoms with Crippen LogP contribution >= 0.6 is 23.2 Å². The van der Waals surface area contributed by atoms with Crippen LogP contribution < -0.4 is 0 Å². The minimum absolute atomic E-state index is 0.00805. The predicted molar refractivity (Wildman–Crippen MR) is 106 cm³/mol. The fourth-order valence-corrected chi connectivity index (χ4v) is 3.63. The largest absolute Gasteiger partial charge is 0.508 e. The molecule has 0 spiro atoms. The molecule has 0 saturated heterocycles. The Balaban J connectivity index is 1.96. The maximum atomic E-state index is 12.9. The average Bonchev–Trinajstić information content (AvgIpc) is 2.67. The molecule has 3 aromatic carbocycles. The summed E-state index contributed by atoms with van der Waals surface area (Å²) in [5.74, 6) is -0.508. The molecule has 0 aliphatic heterocycles. The van der Waals surface area contributed by atoms with Gasteiger partial charge in [-0.25, -0.2) is 0 Å². The molecule has 0 saturated carbocycles. The second-order valence-corrected chi connectivity index (χ2v) is 6.92. The molecule has 0 heterocycles. The smallest absolute Gasteiger partial charge is 0.195 e. The summed E-state index contributed by atoms with van der Waals surface area (Å²) in [6, 6.07) is 16.5. The van der Waals surface area contributed by atoms with E-state index in [4.69, 9.17) is 23.2 Å². The monoisotopic (exact) mass is 394 g/mol. The Morgan fingerprint density at radius 2 is 1.63 bits per heavy atom. The van der Waals surface area contributed by atoms with Crippen molar-refractivity contribution in [3.8, 4) is 5.75 Å². The van der Waals surface area contributed by atoms with E-state index < -0.39 is 0 Å². The zero-order valence-corrected chi connectivity index (χ0v) is 15.4. The molecule has 0 unspecified atom stereocenters. The van der Waals surface area contributed by atoms with Crippen molar-refractivity contribution in [3.63, 3.8) is 0 Å². The Hall–Kier alpha value is -2.88. The summed E-state index contributed by atoms with van der Waals surface area (Å²) in [6.45, 7) is 0. The number of hydrogen-bond acceptors (Lipinski definition) is 3. The molecule has 0 bridgehead atoms. The highest BCUT2D eigenvalue weighted by molar-refractivity contribution is 6.45. The normalized spacial score (nSPS) is 14.0. The van der Waals surface area contributed by atoms with E-state index in [-0.39, 0.29) is 32.9 Å². The lowest BCUT2D eigenvalue weighted by atomic mass is 9.80. The highest BCUT2D eigenvalue weighted by atomic mass is 35.5. The van der Waals surface area contributed by atoms with Crippen LogP contribution in [0, 0.1) is 0 Å². The number of phenols is 1. The van der Waals surface area contributed by atoms with Crippen LogP contribution in [-0.2, 0) is 0 Å². The first-order valence-electron chi connectivity index (χ1n) is 8.15. The van der Waals surface area contributed by atoms with E-state index >= 15 is 0 Å². The first-order valence-corrected chi connectivity index (χ1v) is 8.90. The number of carbonyl (C=O) groups is 2. The predicted octanol–water partition coefficient (Wildman–Crippen LogP) is 5.56. The first kappa shape index (κ1) is 17.5. The van der Waals surface area contributed by atoms with Gasteiger partial charge in [0.05, 0.1) is 15.6 Å². The number of fused-ring (bicyclic) bond motifs is 2. The van der Waals surface area contributed by atoms with E-state index in [0.29, 0.717) is 27.8 Å². The quantitative estimate of drug-likeness (QED) is 0.357. The summed E-state index contributed by atoms with van der Waals surface area (Å²) in [5.41, 5.74) is 2.90. The van der Waals surface area contributed by atoms with Crippen molar-refractivity contribution in [2.24, 2.45) is 0 Å². The molecule has 132 valence electrons. The van der Waals surface area contributed by atoms with Crippen LogP contribution in [0.25, 0.3) is 5.57 Å². The van der Waals surface area contributed by atoms with Gasteiger partial charge in [0.25, 0.3) is 0 Å². The van der Waals surface area contributed by atoms with E-state index in [2.05, 4.69) is 0 Å². The van der Waals surface area contributed by atoms with Gasteiger partial charge in [-0.1, -0.05) is 65.7 Å².